The van der Waals surface area contributed by atoms with Crippen LogP contribution >= 0.6 is 0 Å². The fourth-order valence-corrected chi connectivity index (χ4v) is 2.19. The van der Waals surface area contributed by atoms with Gasteiger partial charge in [-0.3, -0.25) is 4.90 Å². The number of hydrogen-bond donors (Lipinski definition) is 0. The molecule has 0 aromatic rings. The second-order valence-corrected chi connectivity index (χ2v) is 4.04. The van der Waals surface area contributed by atoms with Crippen molar-refractivity contribution in [2.24, 2.45) is 0 Å². The minimum absolute atomic E-state index is 0.229. The van der Waals surface area contributed by atoms with Crippen LogP contribution in [0.5, 0.6) is 0 Å². The lowest BCUT2D eigenvalue weighted by atomic mass is 10.0. The molecule has 3 nitrogen and oxygen atoms in total. The first-order chi connectivity index (χ1) is 6.99. The summed E-state index contributed by atoms with van der Waals surface area (Å²) in [5, 5.41) is 0. The Kier molecular flexibility index (Phi) is 2.92. The van der Waals surface area contributed by atoms with Gasteiger partial charge in [0.1, 0.15) is 0 Å². The molecule has 0 amide bonds. The van der Waals surface area contributed by atoms with Crippen LogP contribution in [-0.2, 0) is 9.47 Å². The third kappa shape index (κ3) is 2.83. The normalized spacial score (nSPS) is 27.4. The van der Waals surface area contributed by atoms with Crippen LogP contribution in [0, 0.1) is 0 Å². The molecule has 0 aromatic carbocycles. The zero-order chi connectivity index (χ0) is 10.9. The molecule has 2 saturated heterocycles. The van der Waals surface area contributed by atoms with E-state index in [1.54, 1.807) is 0 Å². The van der Waals surface area contributed by atoms with Crippen molar-refractivity contribution >= 4 is 0 Å². The first kappa shape index (κ1) is 11.2. The molecule has 0 aliphatic carbocycles. The third-order valence-corrected chi connectivity index (χ3v) is 2.71. The number of rotatable bonds is 1. The van der Waals surface area contributed by atoms with Gasteiger partial charge in [-0.05, 0) is 13.0 Å². The van der Waals surface area contributed by atoms with Crippen molar-refractivity contribution in [1.82, 2.24) is 4.90 Å². The molecule has 88 valence electrons. The van der Waals surface area contributed by atoms with Crippen LogP contribution in [0.15, 0.2) is 0 Å². The highest BCUT2D eigenvalue weighted by atomic mass is 19.4. The summed E-state index contributed by atoms with van der Waals surface area (Å²) in [6.45, 7) is 0.793. The highest BCUT2D eigenvalue weighted by Gasteiger charge is 2.43. The van der Waals surface area contributed by atoms with Gasteiger partial charge in [0.2, 0.25) is 0 Å². The molecule has 0 radical (unpaired) electrons. The fourth-order valence-electron chi connectivity index (χ4n) is 2.19. The topological polar surface area (TPSA) is 21.7 Å². The van der Waals surface area contributed by atoms with Crippen LogP contribution in [-0.4, -0.2) is 49.7 Å². The van der Waals surface area contributed by atoms with Crippen LogP contribution in [0.2, 0.25) is 0 Å². The number of ether oxygens (including phenoxy) is 2. The monoisotopic (exact) mass is 225 g/mol. The average Bonchev–Trinajstić information content (AvgIpc) is 2.50. The lowest BCUT2D eigenvalue weighted by Gasteiger charge is -2.38. The number of alkyl halides is 3. The minimum Gasteiger partial charge on any atom is -0.346 e. The zero-order valence-electron chi connectivity index (χ0n) is 8.35. The van der Waals surface area contributed by atoms with Crippen molar-refractivity contribution in [3.05, 3.63) is 0 Å². The van der Waals surface area contributed by atoms with Gasteiger partial charge < -0.3 is 9.47 Å². The molecule has 2 rings (SSSR count). The first-order valence-electron chi connectivity index (χ1n) is 5.06. The van der Waals surface area contributed by atoms with Crippen molar-refractivity contribution in [2.45, 2.75) is 24.8 Å². The van der Waals surface area contributed by atoms with Gasteiger partial charge in [0.15, 0.2) is 5.79 Å². The van der Waals surface area contributed by atoms with Crippen LogP contribution in [0.25, 0.3) is 0 Å². The first-order valence-corrected chi connectivity index (χ1v) is 5.06. The van der Waals surface area contributed by atoms with E-state index in [-0.39, 0.29) is 6.54 Å². The predicted octanol–water partition coefficient (Wildman–Crippen LogP) is 1.39. The second-order valence-electron chi connectivity index (χ2n) is 4.04. The van der Waals surface area contributed by atoms with Crippen molar-refractivity contribution < 1.29 is 22.6 Å². The zero-order valence-corrected chi connectivity index (χ0v) is 8.35. The predicted molar refractivity (Wildman–Crippen MR) is 46.4 cm³/mol. The molecule has 6 heteroatoms. The molecule has 1 spiro atoms. The van der Waals surface area contributed by atoms with E-state index in [4.69, 9.17) is 9.47 Å². The molecule has 2 heterocycles. The van der Waals surface area contributed by atoms with Crippen LogP contribution < -0.4 is 0 Å². The molecule has 0 unspecified atom stereocenters. The van der Waals surface area contributed by atoms with Crippen LogP contribution in [0.3, 0.4) is 0 Å². The fraction of sp³-hybridized carbons (Fsp3) is 1.00. The molecule has 2 aliphatic rings. The summed E-state index contributed by atoms with van der Waals surface area (Å²) in [5.74, 6) is -0.760. The highest BCUT2D eigenvalue weighted by molar-refractivity contribution is 4.84. The molecular formula is C9H14F3NO2. The Hall–Kier alpha value is -0.330. The minimum atomic E-state index is -4.14. The average molecular weight is 225 g/mol. The van der Waals surface area contributed by atoms with E-state index < -0.39 is 18.5 Å². The van der Waals surface area contributed by atoms with Gasteiger partial charge in [0.05, 0.1) is 26.3 Å². The van der Waals surface area contributed by atoms with Gasteiger partial charge >= 0.3 is 6.18 Å². The molecule has 2 fully saturated rings. The summed E-state index contributed by atoms with van der Waals surface area (Å²) in [7, 11) is 0. The van der Waals surface area contributed by atoms with Crippen molar-refractivity contribution in [3.8, 4) is 0 Å². The smallest absolute Gasteiger partial charge is 0.346 e. The van der Waals surface area contributed by atoms with Crippen molar-refractivity contribution in [3.63, 3.8) is 0 Å². The highest BCUT2D eigenvalue weighted by Crippen LogP contribution is 2.31. The maximum absolute atomic E-state index is 12.2. The van der Waals surface area contributed by atoms with E-state index in [0.29, 0.717) is 32.6 Å². The van der Waals surface area contributed by atoms with Crippen LogP contribution in [0.4, 0.5) is 13.2 Å². The van der Waals surface area contributed by atoms with Crippen molar-refractivity contribution in [1.29, 1.82) is 0 Å². The molecule has 0 N–H and O–H groups in total. The van der Waals surface area contributed by atoms with E-state index in [1.807, 2.05) is 0 Å². The van der Waals surface area contributed by atoms with Gasteiger partial charge in [-0.2, -0.15) is 13.2 Å². The van der Waals surface area contributed by atoms with E-state index >= 15 is 0 Å². The maximum Gasteiger partial charge on any atom is 0.401 e. The Morgan fingerprint density at radius 1 is 1.20 bits per heavy atom. The lowest BCUT2D eigenvalue weighted by Crippen LogP contribution is -2.51. The third-order valence-electron chi connectivity index (χ3n) is 2.71. The number of hydrogen-bond acceptors (Lipinski definition) is 3. The quantitative estimate of drug-likeness (QED) is 0.673. The summed E-state index contributed by atoms with van der Waals surface area (Å²) in [4.78, 5) is 1.36. The van der Waals surface area contributed by atoms with Crippen LogP contribution in [0.1, 0.15) is 12.8 Å². The SMILES string of the molecule is FC(F)(F)CN1CCCC2(C1)OCCO2. The Morgan fingerprint density at radius 2 is 1.87 bits per heavy atom. The van der Waals surface area contributed by atoms with Gasteiger partial charge in [-0.25, -0.2) is 0 Å². The standard InChI is InChI=1S/C9H14F3NO2/c10-9(11,12)7-13-3-1-2-8(6-13)14-4-5-15-8/h1-7H2. The summed E-state index contributed by atoms with van der Waals surface area (Å²) >= 11 is 0. The number of piperidine rings is 1. The van der Waals surface area contributed by atoms with Crippen molar-refractivity contribution in [2.75, 3.05) is 32.8 Å². The Bertz CT molecular complexity index is 226. The van der Waals surface area contributed by atoms with E-state index in [1.165, 1.54) is 4.90 Å². The maximum atomic E-state index is 12.2. The molecule has 0 aromatic heterocycles. The van der Waals surface area contributed by atoms with Gasteiger partial charge in [0, 0.05) is 6.42 Å². The lowest BCUT2D eigenvalue weighted by molar-refractivity contribution is -0.209. The Morgan fingerprint density at radius 3 is 2.47 bits per heavy atom. The molecule has 15 heavy (non-hydrogen) atoms. The Balaban J connectivity index is 1.92. The molecule has 0 bridgehead atoms. The summed E-state index contributed by atoms with van der Waals surface area (Å²) in [6, 6.07) is 0. The van der Waals surface area contributed by atoms with Gasteiger partial charge in [-0.15, -0.1) is 0 Å². The molecule has 0 atom stereocenters. The summed E-state index contributed by atoms with van der Waals surface area (Å²) in [5.41, 5.74) is 0. The second kappa shape index (κ2) is 3.92. The molecule has 2 aliphatic heterocycles. The summed E-state index contributed by atoms with van der Waals surface area (Å²) < 4.78 is 47.4. The van der Waals surface area contributed by atoms with Gasteiger partial charge in [0.25, 0.3) is 0 Å². The molecular weight excluding hydrogens is 211 g/mol. The number of nitrogens with zero attached hydrogens (tertiary/aromatic N) is 1. The van der Waals surface area contributed by atoms with E-state index in [2.05, 4.69) is 0 Å². The van der Waals surface area contributed by atoms with E-state index in [9.17, 15) is 13.2 Å². The van der Waals surface area contributed by atoms with Gasteiger partial charge in [-0.1, -0.05) is 0 Å². The molecule has 0 saturated carbocycles. The Labute approximate surface area is 86.1 Å². The number of halogens is 3. The number of likely N-dealkylation sites (tertiary alicyclic amines) is 1. The summed E-state index contributed by atoms with van der Waals surface area (Å²) in [6.07, 6.45) is -2.76. The van der Waals surface area contributed by atoms with E-state index in [0.717, 1.165) is 0 Å². The largest absolute Gasteiger partial charge is 0.401 e.